The van der Waals surface area contributed by atoms with Crippen molar-refractivity contribution in [1.82, 2.24) is 5.32 Å². The third-order valence-corrected chi connectivity index (χ3v) is 2.41. The van der Waals surface area contributed by atoms with Gasteiger partial charge in [-0.15, -0.1) is 0 Å². The number of rotatable bonds is 4. The van der Waals surface area contributed by atoms with E-state index in [4.69, 9.17) is 4.74 Å². The smallest absolute Gasteiger partial charge is 0.387 e. The molecule has 1 saturated heterocycles. The largest absolute Gasteiger partial charge is 0.485 e. The van der Waals surface area contributed by atoms with Gasteiger partial charge in [0.1, 0.15) is 17.1 Å². The van der Waals surface area contributed by atoms with Crippen molar-refractivity contribution in [3.8, 4) is 11.5 Å². The second-order valence-corrected chi connectivity index (χ2v) is 4.01. The zero-order chi connectivity index (χ0) is 11.6. The predicted molar refractivity (Wildman–Crippen MR) is 55.0 cm³/mol. The highest BCUT2D eigenvalue weighted by atomic mass is 19.3. The van der Waals surface area contributed by atoms with Gasteiger partial charge in [-0.05, 0) is 31.2 Å². The Bertz CT molecular complexity index is 350. The Balaban J connectivity index is 1.96. The summed E-state index contributed by atoms with van der Waals surface area (Å²) in [5.41, 5.74) is -0.189. The summed E-state index contributed by atoms with van der Waals surface area (Å²) in [6.45, 7) is 0.789. The van der Waals surface area contributed by atoms with Crippen LogP contribution < -0.4 is 14.8 Å². The predicted octanol–water partition coefficient (Wildman–Crippen LogP) is 2.03. The van der Waals surface area contributed by atoms with Crippen molar-refractivity contribution in [2.75, 3.05) is 13.1 Å². The van der Waals surface area contributed by atoms with E-state index in [0.717, 1.165) is 13.1 Å². The molecule has 5 heteroatoms. The molecule has 1 aliphatic rings. The summed E-state index contributed by atoms with van der Waals surface area (Å²) < 4.78 is 33.7. The molecule has 16 heavy (non-hydrogen) atoms. The van der Waals surface area contributed by atoms with Crippen molar-refractivity contribution in [1.29, 1.82) is 0 Å². The van der Waals surface area contributed by atoms with Gasteiger partial charge in [0.05, 0.1) is 0 Å². The van der Waals surface area contributed by atoms with Gasteiger partial charge < -0.3 is 14.8 Å². The summed E-state index contributed by atoms with van der Waals surface area (Å²) in [5.74, 6) is 0.796. The van der Waals surface area contributed by atoms with E-state index in [1.165, 1.54) is 12.1 Å². The third-order valence-electron chi connectivity index (χ3n) is 2.41. The quantitative estimate of drug-likeness (QED) is 0.856. The molecule has 2 rings (SSSR count). The van der Waals surface area contributed by atoms with Gasteiger partial charge in [-0.2, -0.15) is 8.78 Å². The molecule has 1 aromatic rings. The van der Waals surface area contributed by atoms with Crippen LogP contribution in [-0.4, -0.2) is 25.3 Å². The number of ether oxygens (including phenoxy) is 2. The minimum Gasteiger partial charge on any atom is -0.485 e. The molecule has 0 spiro atoms. The lowest BCUT2D eigenvalue weighted by molar-refractivity contribution is -0.0499. The topological polar surface area (TPSA) is 30.5 Å². The van der Waals surface area contributed by atoms with Gasteiger partial charge in [-0.3, -0.25) is 0 Å². The molecule has 1 fully saturated rings. The molecular formula is C11H13F2NO2. The van der Waals surface area contributed by atoms with Crippen LogP contribution in [0.15, 0.2) is 24.3 Å². The van der Waals surface area contributed by atoms with Crippen LogP contribution in [0.5, 0.6) is 11.5 Å². The summed E-state index contributed by atoms with van der Waals surface area (Å²) in [6, 6.07) is 6.19. The Hall–Kier alpha value is -1.36. The Labute approximate surface area is 92.4 Å². The van der Waals surface area contributed by atoms with Gasteiger partial charge in [0, 0.05) is 13.1 Å². The first-order chi connectivity index (χ1) is 7.57. The van der Waals surface area contributed by atoms with Gasteiger partial charge in [-0.25, -0.2) is 0 Å². The molecular weight excluding hydrogens is 216 g/mol. The molecule has 0 atom stereocenters. The average molecular weight is 229 g/mol. The number of hydrogen-bond acceptors (Lipinski definition) is 3. The van der Waals surface area contributed by atoms with E-state index >= 15 is 0 Å². The van der Waals surface area contributed by atoms with E-state index in [-0.39, 0.29) is 11.4 Å². The van der Waals surface area contributed by atoms with Crippen LogP contribution in [-0.2, 0) is 0 Å². The minimum atomic E-state index is -2.79. The number of alkyl halides is 2. The molecule has 1 N–H and O–H groups in total. The lowest BCUT2D eigenvalue weighted by Gasteiger charge is -2.39. The highest BCUT2D eigenvalue weighted by Gasteiger charge is 2.33. The Morgan fingerprint density at radius 1 is 1.19 bits per heavy atom. The van der Waals surface area contributed by atoms with E-state index in [1.54, 1.807) is 12.1 Å². The molecule has 0 saturated carbocycles. The van der Waals surface area contributed by atoms with E-state index in [0.29, 0.717) is 5.75 Å². The van der Waals surface area contributed by atoms with Crippen molar-refractivity contribution in [3.63, 3.8) is 0 Å². The zero-order valence-electron chi connectivity index (χ0n) is 8.87. The van der Waals surface area contributed by atoms with Crippen LogP contribution in [0.2, 0.25) is 0 Å². The van der Waals surface area contributed by atoms with Gasteiger partial charge in [0.2, 0.25) is 0 Å². The van der Waals surface area contributed by atoms with Gasteiger partial charge in [-0.1, -0.05) is 0 Å². The normalized spacial score (nSPS) is 18.0. The SMILES string of the molecule is CC1(Oc2ccc(OC(F)F)cc2)CNC1. The summed E-state index contributed by atoms with van der Waals surface area (Å²) >= 11 is 0. The summed E-state index contributed by atoms with van der Waals surface area (Å²) in [5, 5.41) is 3.11. The van der Waals surface area contributed by atoms with Crippen molar-refractivity contribution in [2.45, 2.75) is 19.1 Å². The number of benzene rings is 1. The molecule has 0 unspecified atom stereocenters. The standard InChI is InChI=1S/C11H13F2NO2/c1-11(6-14-7-11)16-9-4-2-8(3-5-9)15-10(12)13/h2-5,10,14H,6-7H2,1H3. The zero-order valence-corrected chi connectivity index (χ0v) is 8.87. The maximum absolute atomic E-state index is 11.9. The fraction of sp³-hybridized carbons (Fsp3) is 0.455. The maximum atomic E-state index is 11.9. The molecule has 1 aromatic carbocycles. The van der Waals surface area contributed by atoms with Crippen LogP contribution in [0.25, 0.3) is 0 Å². The van der Waals surface area contributed by atoms with Gasteiger partial charge >= 0.3 is 6.61 Å². The molecule has 0 bridgehead atoms. The number of halogens is 2. The van der Waals surface area contributed by atoms with Crippen molar-refractivity contribution in [2.24, 2.45) is 0 Å². The average Bonchev–Trinajstić information content (AvgIpc) is 2.18. The fourth-order valence-electron chi connectivity index (χ4n) is 1.52. The second kappa shape index (κ2) is 4.25. The maximum Gasteiger partial charge on any atom is 0.387 e. The third kappa shape index (κ3) is 2.61. The Kier molecular flexibility index (Phi) is 2.96. The summed E-state index contributed by atoms with van der Waals surface area (Å²) in [6.07, 6.45) is 0. The summed E-state index contributed by atoms with van der Waals surface area (Å²) in [7, 11) is 0. The van der Waals surface area contributed by atoms with Gasteiger partial charge in [0.25, 0.3) is 0 Å². The Morgan fingerprint density at radius 3 is 2.19 bits per heavy atom. The van der Waals surface area contributed by atoms with Crippen LogP contribution >= 0.6 is 0 Å². The fourth-order valence-corrected chi connectivity index (χ4v) is 1.52. The first-order valence-electron chi connectivity index (χ1n) is 5.02. The molecule has 0 radical (unpaired) electrons. The summed E-state index contributed by atoms with van der Waals surface area (Å²) in [4.78, 5) is 0. The number of nitrogens with one attached hydrogen (secondary N) is 1. The lowest BCUT2D eigenvalue weighted by atomic mass is 10.00. The van der Waals surface area contributed by atoms with Crippen LogP contribution in [0.4, 0.5) is 8.78 Å². The highest BCUT2D eigenvalue weighted by molar-refractivity contribution is 5.32. The highest BCUT2D eigenvalue weighted by Crippen LogP contribution is 2.24. The first kappa shape index (κ1) is 11.1. The van der Waals surface area contributed by atoms with Crippen molar-refractivity contribution in [3.05, 3.63) is 24.3 Å². The number of hydrogen-bond donors (Lipinski definition) is 1. The molecule has 3 nitrogen and oxygen atoms in total. The lowest BCUT2D eigenvalue weighted by Crippen LogP contribution is -2.60. The molecule has 1 heterocycles. The van der Waals surface area contributed by atoms with E-state index in [2.05, 4.69) is 10.1 Å². The van der Waals surface area contributed by atoms with Crippen LogP contribution in [0.1, 0.15) is 6.92 Å². The van der Waals surface area contributed by atoms with Crippen LogP contribution in [0, 0.1) is 0 Å². The molecule has 0 amide bonds. The first-order valence-corrected chi connectivity index (χ1v) is 5.02. The molecule has 88 valence electrons. The van der Waals surface area contributed by atoms with Crippen molar-refractivity contribution < 1.29 is 18.3 Å². The van der Waals surface area contributed by atoms with E-state index in [9.17, 15) is 8.78 Å². The van der Waals surface area contributed by atoms with Crippen molar-refractivity contribution >= 4 is 0 Å². The minimum absolute atomic E-state index is 0.138. The van der Waals surface area contributed by atoms with E-state index in [1.807, 2.05) is 6.92 Å². The molecule has 1 aliphatic heterocycles. The second-order valence-electron chi connectivity index (χ2n) is 4.01. The monoisotopic (exact) mass is 229 g/mol. The van der Waals surface area contributed by atoms with E-state index < -0.39 is 6.61 Å². The molecule has 0 aromatic heterocycles. The molecule has 0 aliphatic carbocycles. The Morgan fingerprint density at radius 2 is 1.75 bits per heavy atom. The van der Waals surface area contributed by atoms with Crippen LogP contribution in [0.3, 0.4) is 0 Å². The van der Waals surface area contributed by atoms with Gasteiger partial charge in [0.15, 0.2) is 0 Å².